The summed E-state index contributed by atoms with van der Waals surface area (Å²) in [6.45, 7) is 6.43. The molecule has 0 atom stereocenters. The quantitative estimate of drug-likeness (QED) is 0.634. The largest absolute Gasteiger partial charge is 0.399 e. The lowest BCUT2D eigenvalue weighted by atomic mass is 9.89. The van der Waals surface area contributed by atoms with Crippen LogP contribution in [0.2, 0.25) is 0 Å². The third-order valence-corrected chi connectivity index (χ3v) is 2.52. The van der Waals surface area contributed by atoms with Crippen molar-refractivity contribution in [3.63, 3.8) is 0 Å². The van der Waals surface area contributed by atoms with Crippen molar-refractivity contribution in [1.82, 2.24) is 0 Å². The van der Waals surface area contributed by atoms with Gasteiger partial charge in [-0.1, -0.05) is 39.0 Å². The number of allylic oxidation sites excluding steroid dienone is 1. The van der Waals surface area contributed by atoms with E-state index in [-0.39, 0.29) is 11.2 Å². The molecule has 92 valence electrons. The highest BCUT2D eigenvalue weighted by Gasteiger charge is 2.11. The second-order valence-electron chi connectivity index (χ2n) is 5.53. The highest BCUT2D eigenvalue weighted by Crippen LogP contribution is 2.20. The Labute approximate surface area is 104 Å². The van der Waals surface area contributed by atoms with Gasteiger partial charge in [0.25, 0.3) is 0 Å². The number of anilines is 1. The molecule has 2 N–H and O–H groups in total. The molecule has 0 bridgehead atoms. The fourth-order valence-electron chi connectivity index (χ4n) is 1.38. The molecule has 0 radical (unpaired) electrons. The minimum atomic E-state index is 0.178. The minimum Gasteiger partial charge on any atom is -0.399 e. The van der Waals surface area contributed by atoms with Crippen molar-refractivity contribution >= 4 is 17.5 Å². The first-order valence-electron chi connectivity index (χ1n) is 5.93. The molecule has 0 aromatic heterocycles. The molecule has 0 aliphatic carbocycles. The highest BCUT2D eigenvalue weighted by atomic mass is 16.1. The number of carbonyl (C=O) groups excluding carboxylic acids is 1. The first-order chi connectivity index (χ1) is 7.87. The Hall–Kier alpha value is -1.57. The van der Waals surface area contributed by atoms with Crippen molar-refractivity contribution in [3.8, 4) is 0 Å². The third-order valence-electron chi connectivity index (χ3n) is 2.52. The van der Waals surface area contributed by atoms with Crippen LogP contribution in [0.25, 0.3) is 6.08 Å². The Kier molecular flexibility index (Phi) is 4.50. The fourth-order valence-corrected chi connectivity index (χ4v) is 1.38. The number of nitrogen functional groups attached to an aromatic ring is 1. The Morgan fingerprint density at radius 3 is 2.35 bits per heavy atom. The predicted octanol–water partition coefficient (Wildman–Crippen LogP) is 3.68. The lowest BCUT2D eigenvalue weighted by Crippen LogP contribution is -2.07. The van der Waals surface area contributed by atoms with Crippen molar-refractivity contribution in [1.29, 1.82) is 0 Å². The van der Waals surface area contributed by atoms with Crippen LogP contribution in [0.4, 0.5) is 5.69 Å². The predicted molar refractivity (Wildman–Crippen MR) is 73.6 cm³/mol. The highest BCUT2D eigenvalue weighted by molar-refractivity contribution is 5.93. The standard InChI is InChI=1S/C15H21NO/c1-15(2,3)11-10-14(17)9-6-12-4-7-13(16)8-5-12/h4-9H,10-11,16H2,1-3H3/b9-6+. The summed E-state index contributed by atoms with van der Waals surface area (Å²) in [6, 6.07) is 7.48. The lowest BCUT2D eigenvalue weighted by Gasteiger charge is -2.16. The summed E-state index contributed by atoms with van der Waals surface area (Å²) in [5.74, 6) is 0.178. The maximum atomic E-state index is 11.6. The number of hydrogen-bond donors (Lipinski definition) is 1. The molecule has 0 aliphatic rings. The molecule has 0 aliphatic heterocycles. The van der Waals surface area contributed by atoms with Gasteiger partial charge in [-0.15, -0.1) is 0 Å². The number of benzene rings is 1. The number of hydrogen-bond acceptors (Lipinski definition) is 2. The number of ketones is 1. The van der Waals surface area contributed by atoms with E-state index in [1.807, 2.05) is 30.3 Å². The van der Waals surface area contributed by atoms with E-state index in [1.54, 1.807) is 6.08 Å². The van der Waals surface area contributed by atoms with E-state index in [2.05, 4.69) is 20.8 Å². The van der Waals surface area contributed by atoms with Crippen molar-refractivity contribution in [2.24, 2.45) is 5.41 Å². The van der Waals surface area contributed by atoms with Crippen LogP contribution in [-0.2, 0) is 4.79 Å². The van der Waals surface area contributed by atoms with Gasteiger partial charge < -0.3 is 5.73 Å². The average molecular weight is 231 g/mol. The van der Waals surface area contributed by atoms with Gasteiger partial charge in [-0.25, -0.2) is 0 Å². The van der Waals surface area contributed by atoms with Gasteiger partial charge in [0.2, 0.25) is 0 Å². The van der Waals surface area contributed by atoms with E-state index in [4.69, 9.17) is 5.73 Å². The maximum Gasteiger partial charge on any atom is 0.155 e. The minimum absolute atomic E-state index is 0.178. The Bertz CT molecular complexity index is 396. The molecular formula is C15H21NO. The Balaban J connectivity index is 2.48. The molecule has 0 saturated heterocycles. The van der Waals surface area contributed by atoms with Gasteiger partial charge in [-0.3, -0.25) is 4.79 Å². The van der Waals surface area contributed by atoms with Crippen molar-refractivity contribution in [3.05, 3.63) is 35.9 Å². The van der Waals surface area contributed by atoms with E-state index < -0.39 is 0 Å². The molecule has 1 aromatic rings. The molecule has 17 heavy (non-hydrogen) atoms. The molecular weight excluding hydrogens is 210 g/mol. The zero-order chi connectivity index (χ0) is 12.9. The number of nitrogens with two attached hydrogens (primary N) is 1. The van der Waals surface area contributed by atoms with Gasteiger partial charge >= 0.3 is 0 Å². The Morgan fingerprint density at radius 2 is 1.82 bits per heavy atom. The van der Waals surface area contributed by atoms with Crippen LogP contribution < -0.4 is 5.73 Å². The zero-order valence-corrected chi connectivity index (χ0v) is 10.9. The van der Waals surface area contributed by atoms with Gasteiger partial charge in [0, 0.05) is 12.1 Å². The summed E-state index contributed by atoms with van der Waals surface area (Å²) in [7, 11) is 0. The summed E-state index contributed by atoms with van der Waals surface area (Å²) < 4.78 is 0. The van der Waals surface area contributed by atoms with Crippen LogP contribution in [0.5, 0.6) is 0 Å². The van der Waals surface area contributed by atoms with Crippen LogP contribution in [0.1, 0.15) is 39.2 Å². The van der Waals surface area contributed by atoms with E-state index in [9.17, 15) is 4.79 Å². The van der Waals surface area contributed by atoms with Crippen LogP contribution in [0, 0.1) is 5.41 Å². The molecule has 0 amide bonds. The van der Waals surface area contributed by atoms with Crippen molar-refractivity contribution in [2.75, 3.05) is 5.73 Å². The second-order valence-corrected chi connectivity index (χ2v) is 5.53. The fraction of sp³-hybridized carbons (Fsp3) is 0.400. The third kappa shape index (κ3) is 5.91. The van der Waals surface area contributed by atoms with E-state index in [0.29, 0.717) is 6.42 Å². The molecule has 0 fully saturated rings. The van der Waals surface area contributed by atoms with Gasteiger partial charge in [0.05, 0.1) is 0 Å². The van der Waals surface area contributed by atoms with Crippen LogP contribution in [0.3, 0.4) is 0 Å². The summed E-state index contributed by atoms with van der Waals surface area (Å²) >= 11 is 0. The summed E-state index contributed by atoms with van der Waals surface area (Å²) in [6.07, 6.45) is 5.01. The molecule has 0 spiro atoms. The molecule has 0 saturated carbocycles. The number of carbonyl (C=O) groups is 1. The zero-order valence-electron chi connectivity index (χ0n) is 10.9. The van der Waals surface area contributed by atoms with Crippen LogP contribution in [-0.4, -0.2) is 5.78 Å². The van der Waals surface area contributed by atoms with Gasteiger partial charge in [-0.2, -0.15) is 0 Å². The smallest absolute Gasteiger partial charge is 0.155 e. The summed E-state index contributed by atoms with van der Waals surface area (Å²) in [5, 5.41) is 0. The first-order valence-corrected chi connectivity index (χ1v) is 5.93. The van der Waals surface area contributed by atoms with Crippen LogP contribution >= 0.6 is 0 Å². The van der Waals surface area contributed by atoms with Crippen molar-refractivity contribution < 1.29 is 4.79 Å². The number of rotatable bonds is 4. The summed E-state index contributed by atoms with van der Waals surface area (Å²) in [5.41, 5.74) is 7.54. The molecule has 2 heteroatoms. The monoisotopic (exact) mass is 231 g/mol. The first kappa shape index (κ1) is 13.5. The molecule has 2 nitrogen and oxygen atoms in total. The Morgan fingerprint density at radius 1 is 1.24 bits per heavy atom. The lowest BCUT2D eigenvalue weighted by molar-refractivity contribution is -0.115. The van der Waals surface area contributed by atoms with Crippen molar-refractivity contribution in [2.45, 2.75) is 33.6 Å². The van der Waals surface area contributed by atoms with Crippen LogP contribution in [0.15, 0.2) is 30.3 Å². The van der Waals surface area contributed by atoms with E-state index >= 15 is 0 Å². The maximum absolute atomic E-state index is 11.6. The summed E-state index contributed by atoms with van der Waals surface area (Å²) in [4.78, 5) is 11.6. The van der Waals surface area contributed by atoms with E-state index in [1.165, 1.54) is 0 Å². The topological polar surface area (TPSA) is 43.1 Å². The average Bonchev–Trinajstić information content (AvgIpc) is 2.25. The van der Waals surface area contributed by atoms with Gasteiger partial charge in [0.1, 0.15) is 0 Å². The molecule has 0 heterocycles. The van der Waals surface area contributed by atoms with E-state index in [0.717, 1.165) is 17.7 Å². The van der Waals surface area contributed by atoms with Gasteiger partial charge in [-0.05, 0) is 35.6 Å². The molecule has 0 unspecified atom stereocenters. The SMILES string of the molecule is CC(C)(C)CCC(=O)/C=C/c1ccc(N)cc1. The van der Waals surface area contributed by atoms with Gasteiger partial charge in [0.15, 0.2) is 5.78 Å². The molecule has 1 rings (SSSR count). The second kappa shape index (κ2) is 5.67. The molecule has 1 aromatic carbocycles. The normalized spacial score (nSPS) is 11.9.